The monoisotopic (exact) mass is 180 g/mol. The lowest BCUT2D eigenvalue weighted by Gasteiger charge is -2.23. The van der Waals surface area contributed by atoms with Gasteiger partial charge in [0.2, 0.25) is 0 Å². The summed E-state index contributed by atoms with van der Waals surface area (Å²) in [7, 11) is 0.964. The van der Waals surface area contributed by atoms with Crippen LogP contribution in [0.4, 0.5) is 0 Å². The minimum absolute atomic E-state index is 0.148. The minimum atomic E-state index is -0.148. The molecule has 0 aromatic rings. The van der Waals surface area contributed by atoms with Crippen molar-refractivity contribution in [3.63, 3.8) is 0 Å². The molecule has 0 saturated heterocycles. The number of hydrogen-bond acceptors (Lipinski definition) is 2. The molecule has 0 aromatic heterocycles. The molecule has 0 heterocycles. The van der Waals surface area contributed by atoms with Gasteiger partial charge in [0.25, 0.3) is 0 Å². The van der Waals surface area contributed by atoms with Crippen LogP contribution in [0, 0.1) is 0 Å². The first-order valence-electron chi connectivity index (χ1n) is 3.77. The van der Waals surface area contributed by atoms with Crippen LogP contribution < -0.4 is 10.6 Å². The molecule has 0 aliphatic rings. The van der Waals surface area contributed by atoms with E-state index in [1.807, 2.05) is 0 Å². The van der Waals surface area contributed by atoms with Crippen molar-refractivity contribution >= 4 is 21.8 Å². The van der Waals surface area contributed by atoms with Crippen LogP contribution >= 0.6 is 11.6 Å². The van der Waals surface area contributed by atoms with E-state index in [2.05, 4.69) is 24.5 Å². The zero-order valence-electron chi connectivity index (χ0n) is 7.00. The number of rotatable bonds is 5. The van der Waals surface area contributed by atoms with Gasteiger partial charge in [-0.15, -0.1) is 11.6 Å². The molecule has 1 unspecified atom stereocenters. The van der Waals surface area contributed by atoms with Crippen molar-refractivity contribution in [3.8, 4) is 0 Å². The Morgan fingerprint density at radius 3 is 2.40 bits per heavy atom. The molecule has 4 heteroatoms. The molecule has 10 heavy (non-hydrogen) atoms. The van der Waals surface area contributed by atoms with E-state index in [0.29, 0.717) is 0 Å². The van der Waals surface area contributed by atoms with Gasteiger partial charge in [0.05, 0.1) is 4.62 Å². The number of nitrogens with one attached hydrogen (secondary N) is 2. The van der Waals surface area contributed by atoms with E-state index in [1.165, 1.54) is 0 Å². The molecule has 0 fully saturated rings. The maximum Gasteiger partial charge on any atom is 0.0846 e. The summed E-state index contributed by atoms with van der Waals surface area (Å²) in [5.74, 6) is 0. The molecular formula is C6H17ClN2Si. The van der Waals surface area contributed by atoms with Gasteiger partial charge in [-0.25, -0.2) is 0 Å². The second kappa shape index (κ2) is 5.13. The molecule has 0 bridgehead atoms. The second-order valence-electron chi connectivity index (χ2n) is 2.51. The lowest BCUT2D eigenvalue weighted by atomic mass is 10.5. The number of likely N-dealkylation sites (N-methyl/N-ethyl adjacent to an activating group) is 2. The highest BCUT2D eigenvalue weighted by atomic mass is 35.5. The van der Waals surface area contributed by atoms with E-state index in [1.54, 1.807) is 0 Å². The van der Waals surface area contributed by atoms with Gasteiger partial charge in [0, 0.05) is 16.8 Å². The van der Waals surface area contributed by atoms with Gasteiger partial charge in [0.1, 0.15) is 0 Å². The third-order valence-corrected chi connectivity index (χ3v) is 2.23. The Kier molecular flexibility index (Phi) is 5.35. The van der Waals surface area contributed by atoms with E-state index in [4.69, 9.17) is 11.6 Å². The van der Waals surface area contributed by atoms with Crippen LogP contribution in [0.15, 0.2) is 0 Å². The molecule has 0 rings (SSSR count). The second-order valence-corrected chi connectivity index (χ2v) is 5.68. The van der Waals surface area contributed by atoms with Crippen LogP contribution in [0.1, 0.15) is 13.8 Å². The summed E-state index contributed by atoms with van der Waals surface area (Å²) in [6.45, 7) is 6.95. The highest BCUT2D eigenvalue weighted by Crippen LogP contribution is 2.02. The van der Waals surface area contributed by atoms with Crippen LogP contribution in [-0.4, -0.2) is 34.5 Å². The van der Waals surface area contributed by atoms with Crippen LogP contribution in [0.5, 0.6) is 0 Å². The standard InChI is InChI=1S/C6H17ClN2Si/c1-3-8-5-6(7,10)9-4-2/h8-9H,3-5H2,1-2,10H3. The smallest absolute Gasteiger partial charge is 0.0846 e. The lowest BCUT2D eigenvalue weighted by molar-refractivity contribution is 0.556. The van der Waals surface area contributed by atoms with Crippen molar-refractivity contribution in [1.29, 1.82) is 0 Å². The van der Waals surface area contributed by atoms with Gasteiger partial charge >= 0.3 is 0 Å². The van der Waals surface area contributed by atoms with Gasteiger partial charge in [-0.3, -0.25) is 0 Å². The normalized spacial score (nSPS) is 17.1. The molecule has 0 aromatic carbocycles. The van der Waals surface area contributed by atoms with E-state index >= 15 is 0 Å². The van der Waals surface area contributed by atoms with Gasteiger partial charge < -0.3 is 10.6 Å². The van der Waals surface area contributed by atoms with Crippen molar-refractivity contribution in [3.05, 3.63) is 0 Å². The Balaban J connectivity index is 3.42. The van der Waals surface area contributed by atoms with Gasteiger partial charge in [-0.2, -0.15) is 0 Å². The predicted molar refractivity (Wildman–Crippen MR) is 50.7 cm³/mol. The van der Waals surface area contributed by atoms with Crippen LogP contribution in [0.25, 0.3) is 0 Å². The first-order valence-corrected chi connectivity index (χ1v) is 5.15. The Labute approximate surface area is 71.1 Å². The van der Waals surface area contributed by atoms with Crippen molar-refractivity contribution in [2.24, 2.45) is 0 Å². The Morgan fingerprint density at radius 1 is 1.40 bits per heavy atom. The summed E-state index contributed by atoms with van der Waals surface area (Å²) in [6.07, 6.45) is 0. The third-order valence-electron chi connectivity index (χ3n) is 1.25. The average Bonchev–Trinajstić information content (AvgIpc) is 1.84. The fourth-order valence-corrected chi connectivity index (χ4v) is 1.62. The molecule has 1 atom stereocenters. The predicted octanol–water partition coefficient (Wildman–Crippen LogP) is -0.537. The highest BCUT2D eigenvalue weighted by molar-refractivity contribution is 6.44. The molecule has 0 aliphatic heterocycles. The quantitative estimate of drug-likeness (QED) is 0.338. The molecule has 0 radical (unpaired) electrons. The number of alkyl halides is 1. The Morgan fingerprint density at radius 2 is 2.00 bits per heavy atom. The topological polar surface area (TPSA) is 24.1 Å². The van der Waals surface area contributed by atoms with Crippen molar-refractivity contribution in [2.75, 3.05) is 19.6 Å². The van der Waals surface area contributed by atoms with E-state index in [9.17, 15) is 0 Å². The molecule has 2 nitrogen and oxygen atoms in total. The first-order chi connectivity index (χ1) is 4.62. The van der Waals surface area contributed by atoms with Crippen LogP contribution in [-0.2, 0) is 0 Å². The van der Waals surface area contributed by atoms with Crippen LogP contribution in [0.2, 0.25) is 0 Å². The largest absolute Gasteiger partial charge is 0.314 e. The van der Waals surface area contributed by atoms with Gasteiger partial charge in [0.15, 0.2) is 0 Å². The fourth-order valence-electron chi connectivity index (χ4n) is 0.791. The van der Waals surface area contributed by atoms with Crippen molar-refractivity contribution in [1.82, 2.24) is 10.6 Å². The molecule has 0 spiro atoms. The summed E-state index contributed by atoms with van der Waals surface area (Å²) in [5.41, 5.74) is 0. The summed E-state index contributed by atoms with van der Waals surface area (Å²) in [6, 6.07) is 0. The Hall–Kier alpha value is 0.427. The van der Waals surface area contributed by atoms with Crippen molar-refractivity contribution < 1.29 is 0 Å². The van der Waals surface area contributed by atoms with E-state index < -0.39 is 0 Å². The average molecular weight is 181 g/mol. The summed E-state index contributed by atoms with van der Waals surface area (Å²) in [5, 5.41) is 6.43. The third kappa shape index (κ3) is 5.23. The molecule has 2 N–H and O–H groups in total. The summed E-state index contributed by atoms with van der Waals surface area (Å²) >= 11 is 6.10. The first kappa shape index (κ1) is 10.4. The number of hydrogen-bond donors (Lipinski definition) is 2. The lowest BCUT2D eigenvalue weighted by Crippen LogP contribution is -2.48. The van der Waals surface area contributed by atoms with Gasteiger partial charge in [-0.05, 0) is 13.1 Å². The van der Waals surface area contributed by atoms with Crippen LogP contribution in [0.3, 0.4) is 0 Å². The molecular weight excluding hydrogens is 164 g/mol. The molecule has 0 aliphatic carbocycles. The zero-order valence-corrected chi connectivity index (χ0v) is 9.76. The fraction of sp³-hybridized carbons (Fsp3) is 1.00. The van der Waals surface area contributed by atoms with Crippen molar-refractivity contribution in [2.45, 2.75) is 18.5 Å². The molecule has 0 saturated carbocycles. The maximum atomic E-state index is 6.10. The number of halogens is 1. The van der Waals surface area contributed by atoms with E-state index in [0.717, 1.165) is 29.9 Å². The molecule has 0 amide bonds. The summed E-state index contributed by atoms with van der Waals surface area (Å²) in [4.78, 5) is 0. The highest BCUT2D eigenvalue weighted by Gasteiger charge is 2.16. The summed E-state index contributed by atoms with van der Waals surface area (Å²) < 4.78 is -0.148. The molecule has 62 valence electrons. The minimum Gasteiger partial charge on any atom is -0.314 e. The van der Waals surface area contributed by atoms with Gasteiger partial charge in [-0.1, -0.05) is 13.8 Å². The van der Waals surface area contributed by atoms with E-state index in [-0.39, 0.29) is 4.62 Å². The zero-order chi connectivity index (χ0) is 8.04. The Bertz CT molecular complexity index is 87.8. The SMILES string of the molecule is CCNCC([SiH3])(Cl)NCC. The maximum absolute atomic E-state index is 6.10.